The van der Waals surface area contributed by atoms with E-state index in [1.165, 1.54) is 0 Å². The van der Waals surface area contributed by atoms with Crippen LogP contribution in [0.25, 0.3) is 0 Å². The fourth-order valence-corrected chi connectivity index (χ4v) is 3.18. The van der Waals surface area contributed by atoms with Crippen molar-refractivity contribution >= 4 is 5.97 Å². The largest absolute Gasteiger partial charge is 0.465 e. The van der Waals surface area contributed by atoms with E-state index in [-0.39, 0.29) is 5.97 Å². The minimum atomic E-state index is -1.30. The van der Waals surface area contributed by atoms with E-state index >= 15 is 0 Å². The number of aliphatic hydroxyl groups is 2. The smallest absolute Gasteiger partial charge is 0.310 e. The van der Waals surface area contributed by atoms with E-state index in [4.69, 9.17) is 14.2 Å². The van der Waals surface area contributed by atoms with Crippen LogP contribution in [0.1, 0.15) is 59.3 Å². The molecule has 7 heteroatoms. The predicted molar refractivity (Wildman–Crippen MR) is 103 cm³/mol. The summed E-state index contributed by atoms with van der Waals surface area (Å²) in [6.45, 7) is 6.66. The van der Waals surface area contributed by atoms with Crippen LogP contribution in [0.5, 0.6) is 0 Å². The van der Waals surface area contributed by atoms with Crippen LogP contribution in [0.15, 0.2) is 12.2 Å². The zero-order valence-corrected chi connectivity index (χ0v) is 16.9. The third-order valence-corrected chi connectivity index (χ3v) is 4.63. The summed E-state index contributed by atoms with van der Waals surface area (Å²) >= 11 is 0. The van der Waals surface area contributed by atoms with E-state index in [2.05, 4.69) is 17.5 Å². The van der Waals surface area contributed by atoms with Crippen LogP contribution in [0.2, 0.25) is 0 Å². The number of hydrogen-bond donors (Lipinski definition) is 3. The highest BCUT2D eigenvalue weighted by molar-refractivity contribution is 5.73. The maximum Gasteiger partial charge on any atom is 0.310 e. The Morgan fingerprint density at radius 2 is 1.96 bits per heavy atom. The van der Waals surface area contributed by atoms with Gasteiger partial charge in [-0.25, -0.2) is 0 Å². The van der Waals surface area contributed by atoms with Crippen molar-refractivity contribution in [1.82, 2.24) is 5.32 Å². The molecule has 3 N–H and O–H groups in total. The summed E-state index contributed by atoms with van der Waals surface area (Å²) in [6.07, 6.45) is 6.63. The van der Waals surface area contributed by atoms with E-state index in [0.717, 1.165) is 32.1 Å². The highest BCUT2D eigenvalue weighted by atomic mass is 16.6. The SMILES string of the molecule is CCCOC(O)C(NC(O)OCC)C(CCC)C(=O)OCC1CC=CCC1. The molecular formula is C20H37NO6. The van der Waals surface area contributed by atoms with Crippen LogP contribution in [-0.4, -0.2) is 54.7 Å². The van der Waals surface area contributed by atoms with Gasteiger partial charge in [0.15, 0.2) is 6.29 Å². The van der Waals surface area contributed by atoms with Gasteiger partial charge >= 0.3 is 5.97 Å². The molecule has 5 unspecified atom stereocenters. The van der Waals surface area contributed by atoms with Crippen molar-refractivity contribution in [3.05, 3.63) is 12.2 Å². The van der Waals surface area contributed by atoms with Gasteiger partial charge in [-0.2, -0.15) is 0 Å². The summed E-state index contributed by atoms with van der Waals surface area (Å²) in [5.74, 6) is -0.689. The maximum atomic E-state index is 12.8. The Morgan fingerprint density at radius 3 is 2.56 bits per heavy atom. The van der Waals surface area contributed by atoms with Crippen LogP contribution in [0.3, 0.4) is 0 Å². The van der Waals surface area contributed by atoms with Crippen LogP contribution >= 0.6 is 0 Å². The molecule has 0 spiro atoms. The van der Waals surface area contributed by atoms with Crippen LogP contribution in [0, 0.1) is 11.8 Å². The zero-order chi connectivity index (χ0) is 20.1. The van der Waals surface area contributed by atoms with Crippen molar-refractivity contribution in [2.75, 3.05) is 19.8 Å². The maximum absolute atomic E-state index is 12.8. The third kappa shape index (κ3) is 9.17. The lowest BCUT2D eigenvalue weighted by atomic mass is 9.93. The second kappa shape index (κ2) is 14.1. The van der Waals surface area contributed by atoms with Crippen molar-refractivity contribution in [3.8, 4) is 0 Å². The van der Waals surface area contributed by atoms with Crippen LogP contribution in [-0.2, 0) is 19.0 Å². The molecule has 0 aromatic heterocycles. The molecule has 7 nitrogen and oxygen atoms in total. The molecule has 5 atom stereocenters. The first-order chi connectivity index (χ1) is 13.0. The lowest BCUT2D eigenvalue weighted by molar-refractivity contribution is -0.184. The normalized spacial score (nSPS) is 21.4. The summed E-state index contributed by atoms with van der Waals surface area (Å²) in [7, 11) is 0. The second-order valence-corrected chi connectivity index (χ2v) is 6.94. The van der Waals surface area contributed by atoms with Crippen LogP contribution < -0.4 is 5.32 Å². The second-order valence-electron chi connectivity index (χ2n) is 6.94. The minimum absolute atomic E-state index is 0.297. The molecule has 0 aliphatic heterocycles. The molecule has 158 valence electrons. The van der Waals surface area contributed by atoms with E-state index in [0.29, 0.717) is 32.2 Å². The Labute approximate surface area is 163 Å². The quantitative estimate of drug-likeness (QED) is 0.239. The number of allylic oxidation sites excluding steroid dienone is 2. The zero-order valence-electron chi connectivity index (χ0n) is 16.9. The van der Waals surface area contributed by atoms with Gasteiger partial charge in [0, 0.05) is 13.2 Å². The predicted octanol–water partition coefficient (Wildman–Crippen LogP) is 2.32. The van der Waals surface area contributed by atoms with Gasteiger partial charge in [-0.05, 0) is 44.9 Å². The number of esters is 1. The van der Waals surface area contributed by atoms with Crippen LogP contribution in [0.4, 0.5) is 0 Å². The fraction of sp³-hybridized carbons (Fsp3) is 0.850. The molecule has 27 heavy (non-hydrogen) atoms. The minimum Gasteiger partial charge on any atom is -0.465 e. The summed E-state index contributed by atoms with van der Waals surface area (Å²) in [6, 6.07) is -0.822. The van der Waals surface area contributed by atoms with E-state index in [9.17, 15) is 15.0 Å². The lowest BCUT2D eigenvalue weighted by Crippen LogP contribution is -2.54. The van der Waals surface area contributed by atoms with Gasteiger partial charge in [-0.1, -0.05) is 32.4 Å². The van der Waals surface area contributed by atoms with Crippen molar-refractivity contribution < 1.29 is 29.2 Å². The van der Waals surface area contributed by atoms with Gasteiger partial charge in [0.1, 0.15) is 0 Å². The average molecular weight is 388 g/mol. The van der Waals surface area contributed by atoms with E-state index in [1.54, 1.807) is 6.92 Å². The van der Waals surface area contributed by atoms with Crippen molar-refractivity contribution in [3.63, 3.8) is 0 Å². The van der Waals surface area contributed by atoms with E-state index in [1.807, 2.05) is 13.8 Å². The Kier molecular flexibility index (Phi) is 12.5. The summed E-state index contributed by atoms with van der Waals surface area (Å²) < 4.78 is 16.1. The first-order valence-corrected chi connectivity index (χ1v) is 10.2. The molecule has 0 radical (unpaired) electrons. The molecule has 0 saturated heterocycles. The molecule has 0 bridgehead atoms. The summed E-state index contributed by atoms with van der Waals surface area (Å²) in [4.78, 5) is 12.8. The lowest BCUT2D eigenvalue weighted by Gasteiger charge is -2.32. The summed E-state index contributed by atoms with van der Waals surface area (Å²) in [5, 5.41) is 23.2. The number of hydrogen-bond acceptors (Lipinski definition) is 7. The molecule has 1 rings (SSSR count). The highest BCUT2D eigenvalue weighted by Crippen LogP contribution is 2.22. The molecule has 0 aromatic carbocycles. The summed E-state index contributed by atoms with van der Waals surface area (Å²) in [5.41, 5.74) is 0. The molecule has 0 saturated carbocycles. The standard InChI is InChI=1S/C20H37NO6/c1-4-10-16(18(22)27-14-15-11-8-7-9-12-15)17(19(23)26-13-5-2)21-20(24)25-6-3/h7-8,15-17,19-21,23-24H,4-6,9-14H2,1-3H3. The monoisotopic (exact) mass is 387 g/mol. The van der Waals surface area contributed by atoms with Crippen molar-refractivity contribution in [2.45, 2.75) is 78.0 Å². The van der Waals surface area contributed by atoms with Gasteiger partial charge in [-0.15, -0.1) is 0 Å². The van der Waals surface area contributed by atoms with Gasteiger partial charge in [-0.3, -0.25) is 10.1 Å². The number of carbonyl (C=O) groups is 1. The van der Waals surface area contributed by atoms with Gasteiger partial charge < -0.3 is 24.4 Å². The Morgan fingerprint density at radius 1 is 1.19 bits per heavy atom. The van der Waals surface area contributed by atoms with Gasteiger partial charge in [0.05, 0.1) is 18.6 Å². The Bertz CT molecular complexity index is 431. The number of carbonyl (C=O) groups excluding carboxylic acids is 1. The first-order valence-electron chi connectivity index (χ1n) is 10.2. The fourth-order valence-electron chi connectivity index (χ4n) is 3.18. The molecule has 0 aromatic rings. The van der Waals surface area contributed by atoms with Crippen molar-refractivity contribution in [2.24, 2.45) is 11.8 Å². The first kappa shape index (κ1) is 24.0. The molecule has 1 aliphatic carbocycles. The number of aliphatic hydroxyl groups excluding tert-OH is 2. The Balaban J connectivity index is 2.77. The molecular weight excluding hydrogens is 350 g/mol. The third-order valence-electron chi connectivity index (χ3n) is 4.63. The van der Waals surface area contributed by atoms with E-state index < -0.39 is 24.7 Å². The number of ether oxygens (including phenoxy) is 3. The number of rotatable bonds is 14. The van der Waals surface area contributed by atoms with Gasteiger partial charge in [0.25, 0.3) is 0 Å². The molecule has 0 fully saturated rings. The Hall–Kier alpha value is -0.990. The van der Waals surface area contributed by atoms with Crippen molar-refractivity contribution in [1.29, 1.82) is 0 Å². The highest BCUT2D eigenvalue weighted by Gasteiger charge is 2.36. The molecule has 1 aliphatic rings. The molecule has 0 amide bonds. The topological polar surface area (TPSA) is 97.3 Å². The number of nitrogens with one attached hydrogen (secondary N) is 1. The molecule has 0 heterocycles. The average Bonchev–Trinajstić information content (AvgIpc) is 2.68. The van der Waals surface area contributed by atoms with Gasteiger partial charge in [0.2, 0.25) is 6.41 Å².